The molecule has 2 heterocycles. The fraction of sp³-hybridized carbons (Fsp3) is 0.421. The van der Waals surface area contributed by atoms with E-state index in [1.807, 2.05) is 24.3 Å². The molecule has 0 saturated carbocycles. The van der Waals surface area contributed by atoms with Crippen LogP contribution in [0, 0.1) is 0 Å². The largest absolute Gasteiger partial charge is 0.395 e. The third kappa shape index (κ3) is 8.00. The number of nitrogen functional groups attached to an aromatic ring is 1. The Bertz CT molecular complexity index is 1180. The SMILES string of the molecule is CNc1ccc(Sc2nc(N)nc3c2ncn3CCOCP(=O)(CC(F)(F)F)CC(F)(F)F)cc1. The van der Waals surface area contributed by atoms with E-state index in [1.54, 1.807) is 7.05 Å². The number of imidazole rings is 1. The minimum atomic E-state index is -5.01. The molecule has 0 aliphatic carbocycles. The maximum atomic E-state index is 12.7. The van der Waals surface area contributed by atoms with Crippen molar-refractivity contribution in [2.75, 3.05) is 43.4 Å². The first kappa shape index (κ1) is 27.1. The molecule has 0 radical (unpaired) electrons. The molecular weight excluding hydrogens is 521 g/mol. The molecule has 0 aliphatic rings. The highest BCUT2D eigenvalue weighted by atomic mass is 32.2. The second-order valence-electron chi connectivity index (χ2n) is 7.52. The van der Waals surface area contributed by atoms with E-state index in [1.165, 1.54) is 22.7 Å². The number of aromatic nitrogens is 4. The van der Waals surface area contributed by atoms with Gasteiger partial charge in [0.05, 0.1) is 25.3 Å². The van der Waals surface area contributed by atoms with Gasteiger partial charge < -0.3 is 24.9 Å². The lowest BCUT2D eigenvalue weighted by Gasteiger charge is -2.21. The number of benzene rings is 1. The van der Waals surface area contributed by atoms with Gasteiger partial charge in [-0.1, -0.05) is 11.8 Å². The van der Waals surface area contributed by atoms with E-state index in [2.05, 4.69) is 20.3 Å². The van der Waals surface area contributed by atoms with Crippen LogP contribution in [0.15, 0.2) is 40.5 Å². The Labute approximate surface area is 200 Å². The summed E-state index contributed by atoms with van der Waals surface area (Å²) >= 11 is 1.29. The number of hydrogen-bond donors (Lipinski definition) is 2. The van der Waals surface area contributed by atoms with Gasteiger partial charge in [-0.15, -0.1) is 0 Å². The number of nitrogens with one attached hydrogen (secondary N) is 1. The highest BCUT2D eigenvalue weighted by Crippen LogP contribution is 2.53. The van der Waals surface area contributed by atoms with Crippen LogP contribution in [0.3, 0.4) is 0 Å². The number of nitrogens with zero attached hydrogens (tertiary/aromatic N) is 4. The molecule has 0 fully saturated rings. The van der Waals surface area contributed by atoms with E-state index < -0.39 is 38.2 Å². The summed E-state index contributed by atoms with van der Waals surface area (Å²) < 4.78 is 94.7. The van der Waals surface area contributed by atoms with E-state index in [4.69, 9.17) is 10.5 Å². The number of fused-ring (bicyclic) bond motifs is 1. The third-order valence-corrected chi connectivity index (χ3v) is 8.05. The van der Waals surface area contributed by atoms with Gasteiger partial charge in [0.2, 0.25) is 5.95 Å². The summed E-state index contributed by atoms with van der Waals surface area (Å²) in [5.41, 5.74) is 7.45. The van der Waals surface area contributed by atoms with Crippen LogP contribution in [-0.4, -0.2) is 64.2 Å². The highest BCUT2D eigenvalue weighted by molar-refractivity contribution is 7.99. The third-order valence-electron chi connectivity index (χ3n) is 4.54. The van der Waals surface area contributed by atoms with E-state index in [9.17, 15) is 30.9 Å². The van der Waals surface area contributed by atoms with Crippen molar-refractivity contribution in [1.29, 1.82) is 0 Å². The number of anilines is 2. The summed E-state index contributed by atoms with van der Waals surface area (Å²) in [5, 5.41) is 3.47. The normalized spacial score (nSPS) is 12.9. The average Bonchev–Trinajstić information content (AvgIpc) is 3.12. The van der Waals surface area contributed by atoms with Gasteiger partial charge in [-0.3, -0.25) is 0 Å². The topological polar surface area (TPSA) is 108 Å². The molecule has 16 heteroatoms. The number of hydrogen-bond acceptors (Lipinski definition) is 8. The molecule has 35 heavy (non-hydrogen) atoms. The monoisotopic (exact) mass is 542 g/mol. The van der Waals surface area contributed by atoms with Crippen LogP contribution in [0.2, 0.25) is 0 Å². The van der Waals surface area contributed by atoms with Gasteiger partial charge in [-0.05, 0) is 24.3 Å². The minimum absolute atomic E-state index is 0.0219. The lowest BCUT2D eigenvalue weighted by molar-refractivity contribution is -0.113. The molecule has 0 spiro atoms. The van der Waals surface area contributed by atoms with Crippen LogP contribution >= 0.6 is 18.9 Å². The Balaban J connectivity index is 1.70. The van der Waals surface area contributed by atoms with Gasteiger partial charge >= 0.3 is 12.4 Å². The Kier molecular flexibility index (Phi) is 8.22. The number of alkyl halides is 6. The maximum Gasteiger partial charge on any atom is 0.395 e. The lowest BCUT2D eigenvalue weighted by Crippen LogP contribution is -2.24. The number of rotatable bonds is 10. The standard InChI is InChI=1S/C19H21F6N6O2PS/c1-27-12-2-4-13(5-3-12)35-16-14-15(29-17(26)30-16)31(10-28-14)6-7-33-11-34(32,8-18(20,21)22)9-19(23,24)25/h2-5,10,27H,6-9,11H2,1H3,(H2,26,29,30). The van der Waals surface area contributed by atoms with Crippen LogP contribution in [0.4, 0.5) is 38.0 Å². The molecule has 3 N–H and O–H groups in total. The minimum Gasteiger partial charge on any atom is -0.388 e. The van der Waals surface area contributed by atoms with Crippen molar-refractivity contribution >= 4 is 41.7 Å². The van der Waals surface area contributed by atoms with Gasteiger partial charge in [0.25, 0.3) is 0 Å². The van der Waals surface area contributed by atoms with Crippen molar-refractivity contribution in [3.8, 4) is 0 Å². The van der Waals surface area contributed by atoms with E-state index in [0.717, 1.165) is 10.6 Å². The Morgan fingerprint density at radius 1 is 1.09 bits per heavy atom. The van der Waals surface area contributed by atoms with E-state index in [-0.39, 0.29) is 19.1 Å². The number of nitrogens with two attached hydrogens (primary N) is 1. The van der Waals surface area contributed by atoms with Crippen molar-refractivity contribution in [2.45, 2.75) is 28.8 Å². The van der Waals surface area contributed by atoms with Crippen molar-refractivity contribution in [3.05, 3.63) is 30.6 Å². The van der Waals surface area contributed by atoms with Crippen LogP contribution in [-0.2, 0) is 15.8 Å². The van der Waals surface area contributed by atoms with Gasteiger partial charge in [0.1, 0.15) is 24.0 Å². The van der Waals surface area contributed by atoms with Gasteiger partial charge in [0.15, 0.2) is 5.65 Å². The molecule has 3 aromatic rings. The molecule has 2 aromatic heterocycles. The quantitative estimate of drug-likeness (QED) is 0.158. The summed E-state index contributed by atoms with van der Waals surface area (Å²) in [6, 6.07) is 7.48. The predicted molar refractivity (Wildman–Crippen MR) is 120 cm³/mol. The molecular formula is C19H21F6N6O2PS. The molecule has 3 rings (SSSR count). The first-order valence-corrected chi connectivity index (χ1v) is 13.1. The Morgan fingerprint density at radius 2 is 1.71 bits per heavy atom. The van der Waals surface area contributed by atoms with Gasteiger partial charge in [-0.25, -0.2) is 9.97 Å². The summed E-state index contributed by atoms with van der Waals surface area (Å²) in [6.45, 7) is -0.338. The lowest BCUT2D eigenvalue weighted by atomic mass is 10.3. The van der Waals surface area contributed by atoms with Crippen LogP contribution in [0.5, 0.6) is 0 Å². The fourth-order valence-electron chi connectivity index (χ4n) is 3.16. The van der Waals surface area contributed by atoms with E-state index in [0.29, 0.717) is 16.2 Å². The van der Waals surface area contributed by atoms with E-state index >= 15 is 0 Å². The van der Waals surface area contributed by atoms with Gasteiger partial charge in [-0.2, -0.15) is 31.3 Å². The molecule has 1 aromatic carbocycles. The second-order valence-corrected chi connectivity index (χ2v) is 11.6. The van der Waals surface area contributed by atoms with Crippen molar-refractivity contribution in [1.82, 2.24) is 19.5 Å². The summed E-state index contributed by atoms with van der Waals surface area (Å²) in [7, 11) is -2.94. The Hall–Kier alpha value is -2.51. The molecule has 0 bridgehead atoms. The molecule has 8 nitrogen and oxygen atoms in total. The molecule has 0 saturated heterocycles. The second kappa shape index (κ2) is 10.6. The molecule has 0 aliphatic heterocycles. The summed E-state index contributed by atoms with van der Waals surface area (Å²) in [4.78, 5) is 13.4. The van der Waals surface area contributed by atoms with Gasteiger partial charge in [0, 0.05) is 24.2 Å². The zero-order valence-corrected chi connectivity index (χ0v) is 19.9. The van der Waals surface area contributed by atoms with Crippen LogP contribution in [0.1, 0.15) is 0 Å². The summed E-state index contributed by atoms with van der Waals surface area (Å²) in [5.74, 6) is -0.0469. The number of ether oxygens (including phenoxy) is 1. The zero-order valence-electron chi connectivity index (χ0n) is 18.2. The molecule has 0 unspecified atom stereocenters. The maximum absolute atomic E-state index is 12.7. The predicted octanol–water partition coefficient (Wildman–Crippen LogP) is 5.06. The Morgan fingerprint density at radius 3 is 2.29 bits per heavy atom. The number of halogens is 6. The van der Waals surface area contributed by atoms with Crippen LogP contribution < -0.4 is 11.1 Å². The van der Waals surface area contributed by atoms with Crippen molar-refractivity contribution in [3.63, 3.8) is 0 Å². The first-order chi connectivity index (χ1) is 16.3. The smallest absolute Gasteiger partial charge is 0.388 e. The summed E-state index contributed by atoms with van der Waals surface area (Å²) in [6.07, 6.45) is -13.9. The molecule has 0 amide bonds. The molecule has 192 valence electrons. The van der Waals surface area contributed by atoms with Crippen LogP contribution in [0.25, 0.3) is 11.2 Å². The van der Waals surface area contributed by atoms with Crippen molar-refractivity contribution < 1.29 is 35.6 Å². The first-order valence-electron chi connectivity index (χ1n) is 9.99. The molecule has 0 atom stereocenters. The zero-order chi connectivity index (χ0) is 25.9. The highest BCUT2D eigenvalue weighted by Gasteiger charge is 2.46. The average molecular weight is 542 g/mol. The fourth-order valence-corrected chi connectivity index (χ4v) is 6.10. The van der Waals surface area contributed by atoms with Crippen molar-refractivity contribution in [2.24, 2.45) is 0 Å².